The standard InChI is InChI=1S/C20H28N4O2.HI/c1-21-20(23-14-12-17-8-10-18(26-2)11-9-17)22-13-4-6-16-24-15-5-3-7-19(24)25;/h3,5,7-11,15H,4,6,12-14,16H2,1-2H3,(H2,21,22,23);1H. The van der Waals surface area contributed by atoms with Gasteiger partial charge in [0.25, 0.3) is 0 Å². The summed E-state index contributed by atoms with van der Waals surface area (Å²) in [5.74, 6) is 1.67. The Balaban J connectivity index is 0.00000364. The lowest BCUT2D eigenvalue weighted by atomic mass is 10.1. The molecule has 0 bridgehead atoms. The lowest BCUT2D eigenvalue weighted by Gasteiger charge is -2.12. The molecular formula is C20H29IN4O2. The number of guanidine groups is 1. The van der Waals surface area contributed by atoms with Crippen LogP contribution in [0.5, 0.6) is 5.75 Å². The van der Waals surface area contributed by atoms with E-state index in [4.69, 9.17) is 4.74 Å². The first-order valence-corrected chi connectivity index (χ1v) is 8.96. The van der Waals surface area contributed by atoms with Gasteiger partial charge in [-0.15, -0.1) is 24.0 Å². The van der Waals surface area contributed by atoms with Crippen molar-refractivity contribution >= 4 is 29.9 Å². The number of aromatic nitrogens is 1. The highest BCUT2D eigenvalue weighted by molar-refractivity contribution is 14.0. The molecule has 0 saturated heterocycles. The molecule has 2 N–H and O–H groups in total. The molecule has 0 spiro atoms. The summed E-state index contributed by atoms with van der Waals surface area (Å²) < 4.78 is 6.90. The van der Waals surface area contributed by atoms with Crippen molar-refractivity contribution in [3.05, 3.63) is 64.6 Å². The molecule has 0 aliphatic rings. The Morgan fingerprint density at radius 1 is 1.07 bits per heavy atom. The summed E-state index contributed by atoms with van der Waals surface area (Å²) in [6, 6.07) is 13.3. The number of nitrogens with one attached hydrogen (secondary N) is 2. The molecule has 0 unspecified atom stereocenters. The minimum absolute atomic E-state index is 0. The second-order valence-electron chi connectivity index (χ2n) is 5.96. The van der Waals surface area contributed by atoms with E-state index in [0.717, 1.165) is 50.6 Å². The molecule has 0 amide bonds. The summed E-state index contributed by atoms with van der Waals surface area (Å²) >= 11 is 0. The van der Waals surface area contributed by atoms with Crippen LogP contribution < -0.4 is 20.9 Å². The van der Waals surface area contributed by atoms with Gasteiger partial charge < -0.3 is 19.9 Å². The molecule has 148 valence electrons. The fourth-order valence-electron chi connectivity index (χ4n) is 2.60. The van der Waals surface area contributed by atoms with Crippen LogP contribution in [0.2, 0.25) is 0 Å². The van der Waals surface area contributed by atoms with Crippen molar-refractivity contribution in [2.45, 2.75) is 25.8 Å². The molecule has 0 atom stereocenters. The van der Waals surface area contributed by atoms with Gasteiger partial charge in [0.2, 0.25) is 5.56 Å². The maximum absolute atomic E-state index is 11.6. The average molecular weight is 484 g/mol. The van der Waals surface area contributed by atoms with Crippen molar-refractivity contribution in [1.82, 2.24) is 15.2 Å². The Morgan fingerprint density at radius 3 is 2.48 bits per heavy atom. The van der Waals surface area contributed by atoms with Gasteiger partial charge in [-0.2, -0.15) is 0 Å². The van der Waals surface area contributed by atoms with Crippen LogP contribution in [0.4, 0.5) is 0 Å². The quantitative estimate of drug-likeness (QED) is 0.249. The van der Waals surface area contributed by atoms with Crippen LogP contribution in [0.25, 0.3) is 0 Å². The maximum Gasteiger partial charge on any atom is 0.250 e. The smallest absolute Gasteiger partial charge is 0.250 e. The third kappa shape index (κ3) is 8.47. The summed E-state index contributed by atoms with van der Waals surface area (Å²) in [7, 11) is 3.44. The lowest BCUT2D eigenvalue weighted by Crippen LogP contribution is -2.38. The molecule has 2 aromatic rings. The largest absolute Gasteiger partial charge is 0.497 e. The van der Waals surface area contributed by atoms with Gasteiger partial charge in [0, 0.05) is 38.9 Å². The Bertz CT molecular complexity index is 744. The van der Waals surface area contributed by atoms with E-state index in [1.807, 2.05) is 24.4 Å². The number of hydrogen-bond donors (Lipinski definition) is 2. The number of benzene rings is 1. The van der Waals surface area contributed by atoms with Gasteiger partial charge in [-0.1, -0.05) is 18.2 Å². The minimum atomic E-state index is 0. The second-order valence-corrected chi connectivity index (χ2v) is 5.96. The number of halogens is 1. The number of hydrogen-bond acceptors (Lipinski definition) is 3. The van der Waals surface area contributed by atoms with Crippen molar-refractivity contribution < 1.29 is 4.74 Å². The normalized spacial score (nSPS) is 10.8. The molecule has 27 heavy (non-hydrogen) atoms. The number of methoxy groups -OCH3 is 1. The molecule has 0 radical (unpaired) electrons. The Morgan fingerprint density at radius 2 is 1.81 bits per heavy atom. The van der Waals surface area contributed by atoms with Crippen molar-refractivity contribution in [3.63, 3.8) is 0 Å². The predicted molar refractivity (Wildman–Crippen MR) is 121 cm³/mol. The van der Waals surface area contributed by atoms with Crippen LogP contribution in [-0.4, -0.2) is 37.8 Å². The molecule has 6 nitrogen and oxygen atoms in total. The molecule has 0 aliphatic carbocycles. The summed E-state index contributed by atoms with van der Waals surface area (Å²) in [6.45, 7) is 2.38. The first kappa shape index (κ1) is 23.0. The number of rotatable bonds is 9. The van der Waals surface area contributed by atoms with Gasteiger partial charge in [-0.05, 0) is 43.0 Å². The number of ether oxygens (including phenoxy) is 1. The number of pyridine rings is 1. The fraction of sp³-hybridized carbons (Fsp3) is 0.400. The highest BCUT2D eigenvalue weighted by atomic mass is 127. The van der Waals surface area contributed by atoms with Crippen LogP contribution in [0.1, 0.15) is 18.4 Å². The van der Waals surface area contributed by atoms with Crippen LogP contribution in [-0.2, 0) is 13.0 Å². The monoisotopic (exact) mass is 484 g/mol. The average Bonchev–Trinajstić information content (AvgIpc) is 2.68. The van der Waals surface area contributed by atoms with E-state index < -0.39 is 0 Å². The van der Waals surface area contributed by atoms with Crippen LogP contribution in [0.3, 0.4) is 0 Å². The number of aryl methyl sites for hydroxylation is 1. The fourth-order valence-corrected chi connectivity index (χ4v) is 2.60. The van der Waals surface area contributed by atoms with Gasteiger partial charge >= 0.3 is 0 Å². The molecule has 7 heteroatoms. The topological polar surface area (TPSA) is 67.7 Å². The minimum Gasteiger partial charge on any atom is -0.497 e. The van der Waals surface area contributed by atoms with Crippen molar-refractivity contribution in [1.29, 1.82) is 0 Å². The van der Waals surface area contributed by atoms with Gasteiger partial charge in [0.1, 0.15) is 5.75 Å². The number of aliphatic imine (C=N–C) groups is 1. The second kappa shape index (κ2) is 13.2. The summed E-state index contributed by atoms with van der Waals surface area (Å²) in [6.07, 6.45) is 4.66. The van der Waals surface area contributed by atoms with Gasteiger partial charge in [-0.25, -0.2) is 0 Å². The molecule has 0 aliphatic heterocycles. The van der Waals surface area contributed by atoms with E-state index >= 15 is 0 Å². The summed E-state index contributed by atoms with van der Waals surface area (Å²) in [5.41, 5.74) is 1.30. The van der Waals surface area contributed by atoms with E-state index in [-0.39, 0.29) is 29.5 Å². The Labute approximate surface area is 178 Å². The maximum atomic E-state index is 11.6. The molecule has 1 aromatic heterocycles. The van der Waals surface area contributed by atoms with E-state index in [0.29, 0.717) is 0 Å². The Hall–Kier alpha value is -2.03. The molecule has 0 fully saturated rings. The molecule has 2 rings (SSSR count). The third-order valence-corrected chi connectivity index (χ3v) is 4.11. The van der Waals surface area contributed by atoms with Crippen LogP contribution >= 0.6 is 24.0 Å². The van der Waals surface area contributed by atoms with Gasteiger partial charge in [0.05, 0.1) is 7.11 Å². The zero-order valence-electron chi connectivity index (χ0n) is 16.0. The lowest BCUT2D eigenvalue weighted by molar-refractivity contribution is 0.414. The zero-order chi connectivity index (χ0) is 18.6. The summed E-state index contributed by atoms with van der Waals surface area (Å²) in [5, 5.41) is 6.62. The Kier molecular flexibility index (Phi) is 11.2. The van der Waals surface area contributed by atoms with Crippen molar-refractivity contribution in [3.8, 4) is 5.75 Å². The highest BCUT2D eigenvalue weighted by Gasteiger charge is 1.99. The summed E-state index contributed by atoms with van der Waals surface area (Å²) in [4.78, 5) is 15.9. The van der Waals surface area contributed by atoms with Crippen LogP contribution in [0.15, 0.2) is 58.4 Å². The number of unbranched alkanes of at least 4 members (excludes halogenated alkanes) is 1. The van der Waals surface area contributed by atoms with E-state index in [1.165, 1.54) is 5.56 Å². The predicted octanol–water partition coefficient (Wildman–Crippen LogP) is 2.66. The zero-order valence-corrected chi connectivity index (χ0v) is 18.3. The van der Waals surface area contributed by atoms with E-state index in [1.54, 1.807) is 30.9 Å². The van der Waals surface area contributed by atoms with E-state index in [9.17, 15) is 4.79 Å². The molecule has 1 aromatic carbocycles. The molecular weight excluding hydrogens is 455 g/mol. The highest BCUT2D eigenvalue weighted by Crippen LogP contribution is 2.11. The molecule has 0 saturated carbocycles. The molecule has 1 heterocycles. The van der Waals surface area contributed by atoms with E-state index in [2.05, 4.69) is 27.8 Å². The van der Waals surface area contributed by atoms with Gasteiger partial charge in [0.15, 0.2) is 5.96 Å². The van der Waals surface area contributed by atoms with Crippen LogP contribution in [0, 0.1) is 0 Å². The van der Waals surface area contributed by atoms with Gasteiger partial charge in [-0.3, -0.25) is 9.79 Å². The van der Waals surface area contributed by atoms with Crippen molar-refractivity contribution in [2.75, 3.05) is 27.2 Å². The number of nitrogens with zero attached hydrogens (tertiary/aromatic N) is 2. The third-order valence-electron chi connectivity index (χ3n) is 4.11. The first-order chi connectivity index (χ1) is 12.7. The SMILES string of the molecule is CN=C(NCCCCn1ccccc1=O)NCCc1ccc(OC)cc1.I. The van der Waals surface area contributed by atoms with Crippen molar-refractivity contribution in [2.24, 2.45) is 4.99 Å². The first-order valence-electron chi connectivity index (χ1n) is 8.96.